The van der Waals surface area contributed by atoms with Crippen molar-refractivity contribution >= 4 is 23.1 Å². The fraction of sp³-hybridized carbons (Fsp3) is 0.524. The highest BCUT2D eigenvalue weighted by Crippen LogP contribution is 2.21. The van der Waals surface area contributed by atoms with Gasteiger partial charge in [0.15, 0.2) is 0 Å². The van der Waals surface area contributed by atoms with Gasteiger partial charge in [0.1, 0.15) is 5.82 Å². The lowest BCUT2D eigenvalue weighted by Gasteiger charge is -2.26. The van der Waals surface area contributed by atoms with Crippen molar-refractivity contribution < 1.29 is 4.74 Å². The van der Waals surface area contributed by atoms with Crippen LogP contribution >= 0.6 is 0 Å². The van der Waals surface area contributed by atoms with Gasteiger partial charge in [-0.2, -0.15) is 4.98 Å². The zero-order valence-electron chi connectivity index (χ0n) is 17.2. The minimum atomic E-state index is 0.663. The third kappa shape index (κ3) is 5.81. The average molecular weight is 385 g/mol. The highest BCUT2D eigenvalue weighted by molar-refractivity contribution is 5.61. The number of nitrogens with zero attached hydrogens (tertiary/aromatic N) is 4. The predicted molar refractivity (Wildman–Crippen MR) is 116 cm³/mol. The monoisotopic (exact) mass is 384 g/mol. The zero-order valence-corrected chi connectivity index (χ0v) is 17.2. The second-order valence-corrected chi connectivity index (χ2v) is 6.94. The minimum absolute atomic E-state index is 0.663. The third-order valence-electron chi connectivity index (χ3n) is 4.94. The molecule has 0 aliphatic carbocycles. The molecule has 0 spiro atoms. The van der Waals surface area contributed by atoms with E-state index in [0.29, 0.717) is 5.95 Å². The summed E-state index contributed by atoms with van der Waals surface area (Å²) in [7, 11) is 0. The molecule has 7 heteroatoms. The van der Waals surface area contributed by atoms with E-state index < -0.39 is 0 Å². The normalized spacial score (nSPS) is 14.7. The van der Waals surface area contributed by atoms with Gasteiger partial charge < -0.3 is 20.3 Å². The van der Waals surface area contributed by atoms with Gasteiger partial charge in [-0.05, 0) is 45.0 Å². The van der Waals surface area contributed by atoms with Crippen LogP contribution < -0.4 is 15.5 Å². The molecular weight excluding hydrogens is 352 g/mol. The summed E-state index contributed by atoms with van der Waals surface area (Å²) in [6.45, 7) is 13.8. The summed E-state index contributed by atoms with van der Waals surface area (Å²) < 4.78 is 5.39. The molecule has 0 bridgehead atoms. The van der Waals surface area contributed by atoms with Gasteiger partial charge in [-0.15, -0.1) is 0 Å². The van der Waals surface area contributed by atoms with Crippen LogP contribution in [0.5, 0.6) is 0 Å². The topological polar surface area (TPSA) is 65.5 Å². The van der Waals surface area contributed by atoms with Crippen LogP contribution in [0, 0.1) is 6.92 Å². The van der Waals surface area contributed by atoms with Crippen LogP contribution in [0.15, 0.2) is 30.3 Å². The van der Waals surface area contributed by atoms with Crippen molar-refractivity contribution in [2.75, 3.05) is 68.0 Å². The lowest BCUT2D eigenvalue weighted by atomic mass is 10.2. The lowest BCUT2D eigenvalue weighted by Crippen LogP contribution is -2.39. The van der Waals surface area contributed by atoms with Crippen molar-refractivity contribution in [2.45, 2.75) is 20.8 Å². The summed E-state index contributed by atoms with van der Waals surface area (Å²) >= 11 is 0. The molecule has 0 atom stereocenters. The van der Waals surface area contributed by atoms with Gasteiger partial charge in [0, 0.05) is 62.4 Å². The number of ether oxygens (including phenoxy) is 1. The fourth-order valence-corrected chi connectivity index (χ4v) is 3.35. The number of anilines is 4. The van der Waals surface area contributed by atoms with Crippen molar-refractivity contribution in [3.63, 3.8) is 0 Å². The molecule has 1 aromatic carbocycles. The highest BCUT2D eigenvalue weighted by Gasteiger charge is 2.10. The average Bonchev–Trinajstić information content (AvgIpc) is 2.71. The number of aryl methyl sites for hydroxylation is 1. The van der Waals surface area contributed by atoms with E-state index in [0.717, 1.165) is 69.7 Å². The first kappa shape index (κ1) is 20.4. The summed E-state index contributed by atoms with van der Waals surface area (Å²) in [5.74, 6) is 1.47. The maximum atomic E-state index is 5.39. The maximum absolute atomic E-state index is 5.39. The second kappa shape index (κ2) is 10.2. The van der Waals surface area contributed by atoms with Crippen molar-refractivity contribution in [3.05, 3.63) is 36.0 Å². The van der Waals surface area contributed by atoms with Crippen molar-refractivity contribution in [2.24, 2.45) is 0 Å². The molecule has 28 heavy (non-hydrogen) atoms. The fourth-order valence-electron chi connectivity index (χ4n) is 3.35. The SMILES string of the molecule is CCN(CC)c1ccc(Nc2cc(C)nc(NCCN3CCOCC3)n2)cc1. The molecule has 0 saturated carbocycles. The Balaban J connectivity index is 1.58. The third-order valence-corrected chi connectivity index (χ3v) is 4.94. The molecule has 1 fully saturated rings. The van der Waals surface area contributed by atoms with Crippen LogP contribution in [0.3, 0.4) is 0 Å². The van der Waals surface area contributed by atoms with Gasteiger partial charge in [-0.3, -0.25) is 4.90 Å². The van der Waals surface area contributed by atoms with E-state index in [1.165, 1.54) is 5.69 Å². The van der Waals surface area contributed by atoms with Crippen molar-refractivity contribution in [3.8, 4) is 0 Å². The van der Waals surface area contributed by atoms with E-state index in [1.807, 2.05) is 13.0 Å². The number of morpholine rings is 1. The molecule has 1 aliphatic heterocycles. The van der Waals surface area contributed by atoms with Crippen LogP contribution in [-0.4, -0.2) is 67.4 Å². The Morgan fingerprint density at radius 1 is 1.07 bits per heavy atom. The summed E-state index contributed by atoms with van der Waals surface area (Å²) in [6, 6.07) is 10.4. The van der Waals surface area contributed by atoms with E-state index in [1.54, 1.807) is 0 Å². The van der Waals surface area contributed by atoms with E-state index in [-0.39, 0.29) is 0 Å². The molecule has 1 aromatic heterocycles. The Hall–Kier alpha value is -2.38. The first-order valence-electron chi connectivity index (χ1n) is 10.2. The maximum Gasteiger partial charge on any atom is 0.224 e. The van der Waals surface area contributed by atoms with Gasteiger partial charge in [0.05, 0.1) is 13.2 Å². The van der Waals surface area contributed by atoms with Gasteiger partial charge in [0.2, 0.25) is 5.95 Å². The molecule has 1 aliphatic rings. The van der Waals surface area contributed by atoms with Crippen LogP contribution in [0.4, 0.5) is 23.1 Å². The molecule has 152 valence electrons. The Bertz CT molecular complexity index is 726. The number of hydrogen-bond acceptors (Lipinski definition) is 7. The number of benzene rings is 1. The molecule has 0 amide bonds. The van der Waals surface area contributed by atoms with Gasteiger partial charge >= 0.3 is 0 Å². The Morgan fingerprint density at radius 3 is 2.46 bits per heavy atom. The minimum Gasteiger partial charge on any atom is -0.379 e. The summed E-state index contributed by atoms with van der Waals surface area (Å²) in [5.41, 5.74) is 3.19. The van der Waals surface area contributed by atoms with E-state index in [4.69, 9.17) is 4.74 Å². The Labute approximate surface area is 168 Å². The van der Waals surface area contributed by atoms with E-state index >= 15 is 0 Å². The standard InChI is InChI=1S/C21H32N6O/c1-4-27(5-2)19-8-6-18(7-9-19)24-20-16-17(3)23-21(25-20)22-10-11-26-12-14-28-15-13-26/h6-9,16H,4-5,10-15H2,1-3H3,(H2,22,23,24,25). The second-order valence-electron chi connectivity index (χ2n) is 6.94. The Kier molecular flexibility index (Phi) is 7.45. The van der Waals surface area contributed by atoms with Crippen molar-refractivity contribution in [1.82, 2.24) is 14.9 Å². The quantitative estimate of drug-likeness (QED) is 0.688. The Morgan fingerprint density at radius 2 is 1.79 bits per heavy atom. The predicted octanol–water partition coefficient (Wildman–Crippen LogP) is 3.12. The first-order valence-corrected chi connectivity index (χ1v) is 10.2. The van der Waals surface area contributed by atoms with E-state index in [9.17, 15) is 0 Å². The van der Waals surface area contributed by atoms with Crippen molar-refractivity contribution in [1.29, 1.82) is 0 Å². The molecule has 7 nitrogen and oxygen atoms in total. The molecule has 3 rings (SSSR count). The lowest BCUT2D eigenvalue weighted by molar-refractivity contribution is 0.0398. The molecular formula is C21H32N6O. The number of nitrogens with one attached hydrogen (secondary N) is 2. The number of hydrogen-bond donors (Lipinski definition) is 2. The van der Waals surface area contributed by atoms with E-state index in [2.05, 4.69) is 68.5 Å². The highest BCUT2D eigenvalue weighted by atomic mass is 16.5. The molecule has 1 saturated heterocycles. The zero-order chi connectivity index (χ0) is 19.8. The van der Waals surface area contributed by atoms with Gasteiger partial charge in [-0.25, -0.2) is 4.98 Å². The number of aromatic nitrogens is 2. The number of rotatable bonds is 9. The van der Waals surface area contributed by atoms with Crippen LogP contribution in [-0.2, 0) is 4.74 Å². The van der Waals surface area contributed by atoms with Gasteiger partial charge in [0.25, 0.3) is 0 Å². The van der Waals surface area contributed by atoms with Crippen LogP contribution in [0.1, 0.15) is 19.5 Å². The van der Waals surface area contributed by atoms with Crippen LogP contribution in [0.2, 0.25) is 0 Å². The van der Waals surface area contributed by atoms with Crippen LogP contribution in [0.25, 0.3) is 0 Å². The molecule has 2 heterocycles. The molecule has 2 N–H and O–H groups in total. The summed E-state index contributed by atoms with van der Waals surface area (Å²) in [5, 5.41) is 6.74. The first-order chi connectivity index (χ1) is 13.7. The molecule has 0 radical (unpaired) electrons. The largest absolute Gasteiger partial charge is 0.379 e. The smallest absolute Gasteiger partial charge is 0.224 e. The summed E-state index contributed by atoms with van der Waals surface area (Å²) in [4.78, 5) is 13.8. The van der Waals surface area contributed by atoms with Gasteiger partial charge in [-0.1, -0.05) is 0 Å². The molecule has 2 aromatic rings. The molecule has 0 unspecified atom stereocenters. The summed E-state index contributed by atoms with van der Waals surface area (Å²) in [6.07, 6.45) is 0.